The van der Waals surface area contributed by atoms with Crippen LogP contribution in [0.5, 0.6) is 0 Å². The SMILES string of the molecule is CC1COC2(CC1O[C@@H]1O[C@H](CO)[C@@H](O)[C@H](O)[C@H]1O)OC1CC3C4CC(=O)[C@H]5CC(O[C@@H]6O[C@H](CO[C@@H]7OC[C@H](O)[C@H](O)[C@H]7O)[C@@H](O)[C@H](O)[C@H]6O)CCC5(C)C4CCC3(C)C1C2C. The van der Waals surface area contributed by atoms with Crippen LogP contribution in [0.15, 0.2) is 0 Å². The molecule has 5 saturated heterocycles. The summed E-state index contributed by atoms with van der Waals surface area (Å²) >= 11 is 0. The molecule has 4 aliphatic carbocycles. The Kier molecular flexibility index (Phi) is 13.0. The Morgan fingerprint density at radius 3 is 2.08 bits per heavy atom. The van der Waals surface area contributed by atoms with E-state index in [4.69, 9.17) is 37.9 Å². The van der Waals surface area contributed by atoms with Gasteiger partial charge in [-0.1, -0.05) is 27.7 Å². The molecular formula is C44H70O19. The van der Waals surface area contributed by atoms with Crippen LogP contribution in [0.2, 0.25) is 0 Å². The molecule has 63 heavy (non-hydrogen) atoms. The van der Waals surface area contributed by atoms with E-state index in [1.165, 1.54) is 0 Å². The van der Waals surface area contributed by atoms with Crippen molar-refractivity contribution >= 4 is 5.78 Å². The van der Waals surface area contributed by atoms with Crippen molar-refractivity contribution in [3.63, 3.8) is 0 Å². The number of fused-ring (bicyclic) bond motifs is 7. The summed E-state index contributed by atoms with van der Waals surface area (Å²) in [5.74, 6) is -0.228. The van der Waals surface area contributed by atoms with Crippen LogP contribution in [0, 0.1) is 52.3 Å². The summed E-state index contributed by atoms with van der Waals surface area (Å²) in [6.45, 7) is 7.91. The molecule has 9 rings (SSSR count). The second-order valence-electron chi connectivity index (χ2n) is 21.2. The van der Waals surface area contributed by atoms with Crippen molar-refractivity contribution in [2.75, 3.05) is 26.4 Å². The Morgan fingerprint density at radius 1 is 0.714 bits per heavy atom. The second-order valence-corrected chi connectivity index (χ2v) is 21.2. The van der Waals surface area contributed by atoms with Gasteiger partial charge in [-0.05, 0) is 73.0 Å². The fourth-order valence-electron chi connectivity index (χ4n) is 14.1. The van der Waals surface area contributed by atoms with E-state index >= 15 is 0 Å². The standard InChI is InChI=1S/C44H70O19/c1-17-14-58-44(12-27(17)60-41-38(55)34(51)32(49)28(13-45)61-41)18(2)30-26(63-44)11-22-20-10-24(46)23-9-19(5-7-42(23,3)21(20)6-8-43(22,30)4)59-40-37(54)35(52)33(50)29(62-40)16-57-39-36(53)31(48)25(47)15-56-39/h17-23,25-41,45,47-55H,5-16H2,1-4H3/t17?,18?,19?,20?,21?,22?,23-,25+,26?,27?,28-,29-,30?,31+,32-,33-,34+,35+,36-,37-,38-,39+,40-,41-,42?,43?,44?/m1/s1. The lowest BCUT2D eigenvalue weighted by Gasteiger charge is -2.60. The number of aliphatic hydroxyl groups excluding tert-OH is 10. The summed E-state index contributed by atoms with van der Waals surface area (Å²) in [7, 11) is 0. The van der Waals surface area contributed by atoms with E-state index in [1.807, 2.05) is 6.92 Å². The monoisotopic (exact) mass is 902 g/mol. The van der Waals surface area contributed by atoms with Crippen LogP contribution in [0.4, 0.5) is 0 Å². The van der Waals surface area contributed by atoms with E-state index < -0.39 is 111 Å². The lowest BCUT2D eigenvalue weighted by atomic mass is 9.44. The zero-order chi connectivity index (χ0) is 45.1. The molecule has 360 valence electrons. The first-order valence-corrected chi connectivity index (χ1v) is 23.2. The Bertz CT molecular complexity index is 1640. The first kappa shape index (κ1) is 47.0. The molecule has 0 bridgehead atoms. The third-order valence-electron chi connectivity index (χ3n) is 17.8. The molecule has 1 spiro atoms. The van der Waals surface area contributed by atoms with Crippen LogP contribution < -0.4 is 0 Å². The summed E-state index contributed by atoms with van der Waals surface area (Å²) in [4.78, 5) is 14.4. The Hall–Kier alpha value is -1.05. The maximum absolute atomic E-state index is 14.4. The number of rotatable bonds is 8. The maximum atomic E-state index is 14.4. The number of hydrogen-bond donors (Lipinski definition) is 10. The summed E-state index contributed by atoms with van der Waals surface area (Å²) in [5, 5.41) is 104. The van der Waals surface area contributed by atoms with Crippen LogP contribution in [0.25, 0.3) is 0 Å². The van der Waals surface area contributed by atoms with Gasteiger partial charge in [0, 0.05) is 30.6 Å². The molecule has 19 nitrogen and oxygen atoms in total. The van der Waals surface area contributed by atoms with Gasteiger partial charge in [0.1, 0.15) is 72.9 Å². The summed E-state index contributed by atoms with van der Waals surface area (Å²) in [5.41, 5.74) is -0.387. The van der Waals surface area contributed by atoms with Crippen LogP contribution in [-0.2, 0) is 42.7 Å². The molecule has 0 aromatic heterocycles. The molecule has 5 heterocycles. The fourth-order valence-corrected chi connectivity index (χ4v) is 14.1. The predicted octanol–water partition coefficient (Wildman–Crippen LogP) is -1.94. The highest BCUT2D eigenvalue weighted by atomic mass is 16.7. The molecule has 0 radical (unpaired) electrons. The first-order valence-electron chi connectivity index (χ1n) is 23.2. The third kappa shape index (κ3) is 7.78. The van der Waals surface area contributed by atoms with Gasteiger partial charge in [-0.25, -0.2) is 0 Å². The maximum Gasteiger partial charge on any atom is 0.186 e. The van der Waals surface area contributed by atoms with Crippen LogP contribution in [0.1, 0.15) is 79.1 Å². The minimum absolute atomic E-state index is 0.0186. The van der Waals surface area contributed by atoms with Gasteiger partial charge < -0.3 is 89.0 Å². The number of ether oxygens (including phenoxy) is 8. The molecule has 5 aliphatic heterocycles. The van der Waals surface area contributed by atoms with Gasteiger partial charge in [0.15, 0.2) is 24.7 Å². The highest BCUT2D eigenvalue weighted by Crippen LogP contribution is 2.71. The summed E-state index contributed by atoms with van der Waals surface area (Å²) in [6.07, 6.45) is -15.6. The van der Waals surface area contributed by atoms with Gasteiger partial charge in [0.2, 0.25) is 0 Å². The second kappa shape index (κ2) is 17.5. The fraction of sp³-hybridized carbons (Fsp3) is 0.977. The molecule has 9 fully saturated rings. The highest BCUT2D eigenvalue weighted by molar-refractivity contribution is 5.83. The molecule has 9 aliphatic rings. The van der Waals surface area contributed by atoms with E-state index in [9.17, 15) is 55.9 Å². The zero-order valence-electron chi connectivity index (χ0n) is 36.5. The van der Waals surface area contributed by atoms with Crippen molar-refractivity contribution < 1.29 is 93.8 Å². The van der Waals surface area contributed by atoms with Crippen LogP contribution in [0.3, 0.4) is 0 Å². The minimum atomic E-state index is -1.64. The molecule has 10 N–H and O–H groups in total. The van der Waals surface area contributed by atoms with Crippen molar-refractivity contribution in [1.82, 2.24) is 0 Å². The quantitative estimate of drug-likeness (QED) is 0.119. The lowest BCUT2D eigenvalue weighted by Crippen LogP contribution is -2.61. The molecule has 12 unspecified atom stereocenters. The number of carbonyl (C=O) groups excluding carboxylic acids is 1. The summed E-state index contributed by atoms with van der Waals surface area (Å²) in [6, 6.07) is 0. The molecule has 0 amide bonds. The number of Topliss-reactive ketones (excluding diaryl/α,β-unsaturated/α-hetero) is 1. The van der Waals surface area contributed by atoms with Gasteiger partial charge in [-0.3, -0.25) is 4.79 Å². The van der Waals surface area contributed by atoms with Gasteiger partial charge in [-0.15, -0.1) is 0 Å². The molecule has 19 heteroatoms. The number of carbonyl (C=O) groups is 1. The molecular weight excluding hydrogens is 832 g/mol. The third-order valence-corrected chi connectivity index (χ3v) is 17.8. The molecule has 0 aromatic rings. The highest BCUT2D eigenvalue weighted by Gasteiger charge is 2.70. The van der Waals surface area contributed by atoms with Crippen molar-refractivity contribution in [3.05, 3.63) is 0 Å². The Balaban J connectivity index is 0.832. The first-order chi connectivity index (χ1) is 29.8. The Labute approximate surface area is 366 Å². The van der Waals surface area contributed by atoms with E-state index in [-0.39, 0.29) is 71.4 Å². The van der Waals surface area contributed by atoms with Gasteiger partial charge in [-0.2, -0.15) is 0 Å². The smallest absolute Gasteiger partial charge is 0.186 e. The Morgan fingerprint density at radius 2 is 1.37 bits per heavy atom. The van der Waals surface area contributed by atoms with Crippen LogP contribution >= 0.6 is 0 Å². The van der Waals surface area contributed by atoms with Crippen LogP contribution in [-0.4, -0.2) is 193 Å². The average Bonchev–Trinajstić information content (AvgIpc) is 3.70. The minimum Gasteiger partial charge on any atom is -0.394 e. The predicted molar refractivity (Wildman–Crippen MR) is 211 cm³/mol. The normalized spacial score (nSPS) is 58.2. The van der Waals surface area contributed by atoms with Crippen molar-refractivity contribution in [2.24, 2.45) is 52.3 Å². The van der Waals surface area contributed by atoms with Crippen molar-refractivity contribution in [1.29, 1.82) is 0 Å². The number of ketones is 1. The van der Waals surface area contributed by atoms with Gasteiger partial charge in [0.25, 0.3) is 0 Å². The molecule has 0 aromatic carbocycles. The molecule has 4 saturated carbocycles. The topological polar surface area (TPSA) is 293 Å². The zero-order valence-corrected chi connectivity index (χ0v) is 36.5. The van der Waals surface area contributed by atoms with E-state index in [0.29, 0.717) is 38.2 Å². The van der Waals surface area contributed by atoms with E-state index in [2.05, 4.69) is 20.8 Å². The van der Waals surface area contributed by atoms with Gasteiger partial charge in [0.05, 0.1) is 44.7 Å². The van der Waals surface area contributed by atoms with Crippen molar-refractivity contribution in [3.8, 4) is 0 Å². The summed E-state index contributed by atoms with van der Waals surface area (Å²) < 4.78 is 48.7. The van der Waals surface area contributed by atoms with E-state index in [1.54, 1.807) is 0 Å². The number of aliphatic hydroxyl groups is 10. The van der Waals surface area contributed by atoms with Gasteiger partial charge >= 0.3 is 0 Å². The molecule has 27 atom stereocenters. The van der Waals surface area contributed by atoms with E-state index in [0.717, 1.165) is 25.7 Å². The lowest BCUT2D eigenvalue weighted by molar-refractivity contribution is -0.344. The average molecular weight is 903 g/mol. The number of hydrogen-bond acceptors (Lipinski definition) is 19. The largest absolute Gasteiger partial charge is 0.394 e. The van der Waals surface area contributed by atoms with Crippen molar-refractivity contribution in [2.45, 2.75) is 189 Å².